The second kappa shape index (κ2) is 7.61. The van der Waals surface area contributed by atoms with Gasteiger partial charge in [0.15, 0.2) is 0 Å². The van der Waals surface area contributed by atoms with E-state index in [-0.39, 0.29) is 23.6 Å². The SMILES string of the molecule is O=C1NC(=O)c2ccccc21.O=C1c2ccccc2C(=O)N1CCCBr. The van der Waals surface area contributed by atoms with Gasteiger partial charge in [0, 0.05) is 11.9 Å². The van der Waals surface area contributed by atoms with Crippen molar-refractivity contribution in [2.75, 3.05) is 11.9 Å². The van der Waals surface area contributed by atoms with Crippen molar-refractivity contribution in [1.29, 1.82) is 0 Å². The molecule has 2 aliphatic heterocycles. The molecule has 0 saturated carbocycles. The lowest BCUT2D eigenvalue weighted by Crippen LogP contribution is -2.30. The Hall–Kier alpha value is -2.80. The number of benzene rings is 2. The largest absolute Gasteiger partial charge is 0.288 e. The Bertz CT molecular complexity index is 842. The average molecular weight is 415 g/mol. The van der Waals surface area contributed by atoms with Crippen LogP contribution in [-0.4, -0.2) is 40.4 Å². The minimum atomic E-state index is -0.300. The number of hydrogen-bond acceptors (Lipinski definition) is 4. The summed E-state index contributed by atoms with van der Waals surface area (Å²) >= 11 is 3.28. The molecule has 2 aromatic carbocycles. The van der Waals surface area contributed by atoms with Gasteiger partial charge in [0.25, 0.3) is 23.6 Å². The van der Waals surface area contributed by atoms with Gasteiger partial charge in [-0.3, -0.25) is 29.4 Å². The van der Waals surface area contributed by atoms with Crippen molar-refractivity contribution < 1.29 is 19.2 Å². The van der Waals surface area contributed by atoms with Crippen LogP contribution >= 0.6 is 15.9 Å². The van der Waals surface area contributed by atoms with Crippen molar-refractivity contribution >= 4 is 39.6 Å². The molecule has 4 amide bonds. The van der Waals surface area contributed by atoms with Crippen LogP contribution in [0.15, 0.2) is 48.5 Å². The lowest BCUT2D eigenvalue weighted by molar-refractivity contribution is 0.0654. The fourth-order valence-electron chi connectivity index (χ4n) is 2.78. The molecule has 0 radical (unpaired) electrons. The minimum absolute atomic E-state index is 0.170. The van der Waals surface area contributed by atoms with Gasteiger partial charge in [-0.15, -0.1) is 0 Å². The molecular weight excluding hydrogens is 400 g/mol. The van der Waals surface area contributed by atoms with Crippen LogP contribution in [0.2, 0.25) is 0 Å². The molecule has 6 nitrogen and oxygen atoms in total. The number of nitrogens with one attached hydrogen (secondary N) is 1. The second-order valence-electron chi connectivity index (χ2n) is 5.68. The number of imide groups is 2. The number of fused-ring (bicyclic) bond motifs is 2. The van der Waals surface area contributed by atoms with Gasteiger partial charge in [-0.1, -0.05) is 40.2 Å². The van der Waals surface area contributed by atoms with E-state index in [1.807, 2.05) is 0 Å². The van der Waals surface area contributed by atoms with Crippen molar-refractivity contribution in [3.05, 3.63) is 70.8 Å². The third kappa shape index (κ3) is 3.30. The molecule has 0 fully saturated rings. The lowest BCUT2D eigenvalue weighted by atomic mass is 10.1. The topological polar surface area (TPSA) is 83.5 Å². The van der Waals surface area contributed by atoms with Crippen LogP contribution < -0.4 is 5.32 Å². The monoisotopic (exact) mass is 414 g/mol. The predicted octanol–water partition coefficient (Wildman–Crippen LogP) is 2.64. The Labute approximate surface area is 158 Å². The number of carbonyl (C=O) groups excluding carboxylic acids is 4. The maximum atomic E-state index is 11.8. The van der Waals surface area contributed by atoms with Crippen molar-refractivity contribution in [3.63, 3.8) is 0 Å². The predicted molar refractivity (Wildman–Crippen MR) is 98.5 cm³/mol. The van der Waals surface area contributed by atoms with Gasteiger partial charge in [-0.25, -0.2) is 0 Å². The van der Waals surface area contributed by atoms with Crippen LogP contribution in [-0.2, 0) is 0 Å². The lowest BCUT2D eigenvalue weighted by Gasteiger charge is -2.11. The molecule has 132 valence electrons. The van der Waals surface area contributed by atoms with Gasteiger partial charge in [0.05, 0.1) is 22.3 Å². The van der Waals surface area contributed by atoms with Gasteiger partial charge >= 0.3 is 0 Å². The van der Waals surface area contributed by atoms with E-state index >= 15 is 0 Å². The number of nitrogens with zero attached hydrogens (tertiary/aromatic N) is 1. The number of alkyl halides is 1. The number of carbonyl (C=O) groups is 4. The summed E-state index contributed by atoms with van der Waals surface area (Å²) in [6, 6.07) is 13.7. The zero-order chi connectivity index (χ0) is 18.7. The summed E-state index contributed by atoms with van der Waals surface area (Å²) < 4.78 is 0. The highest BCUT2D eigenvalue weighted by atomic mass is 79.9. The zero-order valence-electron chi connectivity index (χ0n) is 13.7. The molecule has 0 spiro atoms. The Kier molecular flexibility index (Phi) is 5.27. The highest BCUT2D eigenvalue weighted by molar-refractivity contribution is 9.09. The first-order valence-electron chi connectivity index (χ1n) is 8.00. The first-order chi connectivity index (χ1) is 12.5. The van der Waals surface area contributed by atoms with E-state index in [4.69, 9.17) is 0 Å². The fraction of sp³-hybridized carbons (Fsp3) is 0.158. The number of halogens is 1. The summed E-state index contributed by atoms with van der Waals surface area (Å²) in [5.74, 6) is -0.940. The van der Waals surface area contributed by atoms with E-state index in [0.717, 1.165) is 11.8 Å². The summed E-state index contributed by atoms with van der Waals surface area (Å²) in [6.45, 7) is 0.484. The van der Waals surface area contributed by atoms with E-state index in [1.165, 1.54) is 4.90 Å². The number of rotatable bonds is 3. The molecule has 2 heterocycles. The number of amides is 4. The Morgan fingerprint density at radius 1 is 0.731 bits per heavy atom. The molecule has 26 heavy (non-hydrogen) atoms. The van der Waals surface area contributed by atoms with Crippen LogP contribution in [0.3, 0.4) is 0 Å². The maximum absolute atomic E-state index is 11.8. The van der Waals surface area contributed by atoms with Gasteiger partial charge in [-0.2, -0.15) is 0 Å². The number of hydrogen-bond donors (Lipinski definition) is 1. The molecule has 4 rings (SSSR count). The minimum Gasteiger partial charge on any atom is -0.288 e. The van der Waals surface area contributed by atoms with Crippen LogP contribution in [0.4, 0.5) is 0 Å². The molecule has 0 aromatic heterocycles. The van der Waals surface area contributed by atoms with Crippen LogP contribution in [0.1, 0.15) is 47.9 Å². The Balaban J connectivity index is 0.000000158. The molecule has 1 N–H and O–H groups in total. The van der Waals surface area contributed by atoms with Gasteiger partial charge in [0.1, 0.15) is 0 Å². The normalized spacial score (nSPS) is 14.6. The molecular formula is C19H15BrN2O4. The Morgan fingerprint density at radius 2 is 1.15 bits per heavy atom. The van der Waals surface area contributed by atoms with Crippen LogP contribution in [0.5, 0.6) is 0 Å². The highest BCUT2D eigenvalue weighted by Crippen LogP contribution is 2.22. The third-order valence-corrected chi connectivity index (χ3v) is 4.60. The molecule has 0 unspecified atom stereocenters. The quantitative estimate of drug-likeness (QED) is 0.617. The van der Waals surface area contributed by atoms with E-state index in [2.05, 4.69) is 21.2 Å². The average Bonchev–Trinajstić information content (AvgIpc) is 3.09. The molecule has 7 heteroatoms. The zero-order valence-corrected chi connectivity index (χ0v) is 15.3. The maximum Gasteiger partial charge on any atom is 0.261 e. The third-order valence-electron chi connectivity index (χ3n) is 4.04. The summed E-state index contributed by atoms with van der Waals surface area (Å²) in [6.07, 6.45) is 0.783. The van der Waals surface area contributed by atoms with E-state index in [9.17, 15) is 19.2 Å². The van der Waals surface area contributed by atoms with Gasteiger partial charge < -0.3 is 0 Å². The van der Waals surface area contributed by atoms with E-state index in [1.54, 1.807) is 48.5 Å². The molecule has 2 aromatic rings. The first-order valence-corrected chi connectivity index (χ1v) is 9.12. The molecule has 0 saturated heterocycles. The van der Waals surface area contributed by atoms with Crippen molar-refractivity contribution in [1.82, 2.24) is 10.2 Å². The van der Waals surface area contributed by atoms with Crippen LogP contribution in [0, 0.1) is 0 Å². The molecule has 0 atom stereocenters. The first kappa shape index (κ1) is 18.0. The summed E-state index contributed by atoms with van der Waals surface area (Å²) in [5, 5.41) is 3.00. The van der Waals surface area contributed by atoms with Crippen molar-refractivity contribution in [2.24, 2.45) is 0 Å². The van der Waals surface area contributed by atoms with E-state index in [0.29, 0.717) is 28.8 Å². The second-order valence-corrected chi connectivity index (χ2v) is 6.47. The van der Waals surface area contributed by atoms with Crippen LogP contribution in [0.25, 0.3) is 0 Å². The smallest absolute Gasteiger partial charge is 0.261 e. The van der Waals surface area contributed by atoms with Gasteiger partial charge in [-0.05, 0) is 30.7 Å². The molecule has 2 aliphatic rings. The fourth-order valence-corrected chi connectivity index (χ4v) is 3.03. The van der Waals surface area contributed by atoms with E-state index < -0.39 is 0 Å². The molecule has 0 bridgehead atoms. The van der Waals surface area contributed by atoms with Crippen molar-refractivity contribution in [3.8, 4) is 0 Å². The van der Waals surface area contributed by atoms with Crippen molar-refractivity contribution in [2.45, 2.75) is 6.42 Å². The standard InChI is InChI=1S/C11H10BrNO2.C8H5NO2/c12-6-3-7-13-10(14)8-4-1-2-5-9(8)11(13)15;10-7-5-3-1-2-4-6(5)8(11)9-7/h1-2,4-5H,3,6-7H2;1-4H,(H,9,10,11). The Morgan fingerprint density at radius 3 is 1.58 bits per heavy atom. The van der Waals surface area contributed by atoms with Gasteiger partial charge in [0.2, 0.25) is 0 Å². The summed E-state index contributed by atoms with van der Waals surface area (Å²) in [4.78, 5) is 46.8. The molecule has 0 aliphatic carbocycles. The summed E-state index contributed by atoms with van der Waals surface area (Å²) in [5.41, 5.74) is 1.99. The highest BCUT2D eigenvalue weighted by Gasteiger charge is 2.34. The summed E-state index contributed by atoms with van der Waals surface area (Å²) in [7, 11) is 0.